The molecule has 0 aromatic heterocycles. The SMILES string of the molecule is N#Cc1ccc(N2CCCN(C(=O)/C=C/c3ccc(OC(F)F)cc3OC(F)F)CC2)cc1. The van der Waals surface area contributed by atoms with E-state index >= 15 is 0 Å². The monoisotopic (exact) mass is 463 g/mol. The van der Waals surface area contributed by atoms with Gasteiger partial charge in [0.25, 0.3) is 0 Å². The maximum atomic E-state index is 12.7. The van der Waals surface area contributed by atoms with Crippen LogP contribution in [0, 0.1) is 11.3 Å². The minimum absolute atomic E-state index is 0.124. The van der Waals surface area contributed by atoms with Crippen molar-refractivity contribution >= 4 is 17.7 Å². The van der Waals surface area contributed by atoms with Gasteiger partial charge in [0.1, 0.15) is 11.5 Å². The lowest BCUT2D eigenvalue weighted by molar-refractivity contribution is -0.125. The summed E-state index contributed by atoms with van der Waals surface area (Å²) < 4.78 is 58.8. The zero-order valence-corrected chi connectivity index (χ0v) is 17.5. The molecule has 0 unspecified atom stereocenters. The van der Waals surface area contributed by atoms with Crippen LogP contribution in [0.3, 0.4) is 0 Å². The molecule has 1 amide bonds. The summed E-state index contributed by atoms with van der Waals surface area (Å²) in [5, 5.41) is 8.93. The molecule has 2 aromatic rings. The Morgan fingerprint density at radius 2 is 1.70 bits per heavy atom. The summed E-state index contributed by atoms with van der Waals surface area (Å²) >= 11 is 0. The van der Waals surface area contributed by atoms with Crippen LogP contribution in [0.25, 0.3) is 6.08 Å². The van der Waals surface area contributed by atoms with Gasteiger partial charge in [-0.1, -0.05) is 0 Å². The molecule has 0 spiro atoms. The number of nitriles is 1. The average Bonchev–Trinajstić information content (AvgIpc) is 3.04. The van der Waals surface area contributed by atoms with Crippen LogP contribution in [0.4, 0.5) is 23.2 Å². The second-order valence-electron chi connectivity index (χ2n) is 7.11. The van der Waals surface area contributed by atoms with E-state index in [1.807, 2.05) is 12.1 Å². The van der Waals surface area contributed by atoms with Crippen molar-refractivity contribution in [2.24, 2.45) is 0 Å². The van der Waals surface area contributed by atoms with Gasteiger partial charge in [0.15, 0.2) is 0 Å². The fraction of sp³-hybridized carbons (Fsp3) is 0.304. The first-order chi connectivity index (χ1) is 15.9. The van der Waals surface area contributed by atoms with Gasteiger partial charge in [-0.05, 0) is 48.9 Å². The molecule has 0 bridgehead atoms. The molecule has 1 aliphatic rings. The minimum Gasteiger partial charge on any atom is -0.435 e. The molecule has 1 heterocycles. The highest BCUT2D eigenvalue weighted by molar-refractivity contribution is 5.92. The number of anilines is 1. The van der Waals surface area contributed by atoms with E-state index in [4.69, 9.17) is 5.26 Å². The van der Waals surface area contributed by atoms with Crippen molar-refractivity contribution in [3.63, 3.8) is 0 Å². The maximum absolute atomic E-state index is 12.7. The fourth-order valence-electron chi connectivity index (χ4n) is 3.44. The lowest BCUT2D eigenvalue weighted by Gasteiger charge is -2.23. The molecule has 0 saturated carbocycles. The van der Waals surface area contributed by atoms with Crippen LogP contribution >= 0.6 is 0 Å². The number of nitrogens with zero attached hydrogens (tertiary/aromatic N) is 3. The molecule has 1 saturated heterocycles. The van der Waals surface area contributed by atoms with Crippen LogP contribution in [0.1, 0.15) is 17.5 Å². The quantitative estimate of drug-likeness (QED) is 0.447. The van der Waals surface area contributed by atoms with E-state index in [1.54, 1.807) is 17.0 Å². The molecule has 0 aliphatic carbocycles. The Labute approximate surface area is 188 Å². The summed E-state index contributed by atoms with van der Waals surface area (Å²) in [6.45, 7) is -4.00. The first-order valence-corrected chi connectivity index (χ1v) is 10.1. The van der Waals surface area contributed by atoms with Crippen LogP contribution in [-0.4, -0.2) is 50.2 Å². The fourth-order valence-corrected chi connectivity index (χ4v) is 3.44. The summed E-state index contributed by atoms with van der Waals surface area (Å²) in [5.74, 6) is -1.03. The molecule has 1 aliphatic heterocycles. The van der Waals surface area contributed by atoms with Gasteiger partial charge in [-0.2, -0.15) is 22.8 Å². The molecule has 2 aromatic carbocycles. The van der Waals surface area contributed by atoms with Gasteiger partial charge in [0, 0.05) is 49.6 Å². The van der Waals surface area contributed by atoms with E-state index in [1.165, 1.54) is 24.3 Å². The van der Waals surface area contributed by atoms with E-state index in [-0.39, 0.29) is 23.0 Å². The Balaban J connectivity index is 1.66. The van der Waals surface area contributed by atoms with Gasteiger partial charge in [-0.3, -0.25) is 4.79 Å². The highest BCUT2D eigenvalue weighted by Crippen LogP contribution is 2.28. The van der Waals surface area contributed by atoms with Crippen molar-refractivity contribution in [3.05, 3.63) is 59.7 Å². The molecule has 0 atom stereocenters. The van der Waals surface area contributed by atoms with E-state index in [2.05, 4.69) is 20.4 Å². The molecule has 1 fully saturated rings. The smallest absolute Gasteiger partial charge is 0.387 e. The molecule has 6 nitrogen and oxygen atoms in total. The van der Waals surface area contributed by atoms with Gasteiger partial charge in [-0.15, -0.1) is 0 Å². The predicted octanol–water partition coefficient (Wildman–Crippen LogP) is 4.51. The normalized spacial score (nSPS) is 14.5. The van der Waals surface area contributed by atoms with Crippen LogP contribution < -0.4 is 14.4 Å². The van der Waals surface area contributed by atoms with Crippen LogP contribution in [0.5, 0.6) is 11.5 Å². The molecule has 0 N–H and O–H groups in total. The number of hydrogen-bond acceptors (Lipinski definition) is 5. The highest BCUT2D eigenvalue weighted by Gasteiger charge is 2.18. The maximum Gasteiger partial charge on any atom is 0.387 e. The zero-order chi connectivity index (χ0) is 23.8. The first kappa shape index (κ1) is 23.9. The standard InChI is InChI=1S/C23H21F4N3O3/c24-22(25)32-19-8-4-17(20(14-19)33-23(26)27)5-9-21(31)30-11-1-10-29(12-13-30)18-6-2-16(15-28)3-7-18/h2-9,14,22-23H,1,10-13H2/b9-5+. The summed E-state index contributed by atoms with van der Waals surface area (Å²) in [7, 11) is 0. The predicted molar refractivity (Wildman–Crippen MR) is 113 cm³/mol. The van der Waals surface area contributed by atoms with Crippen LogP contribution in [0.2, 0.25) is 0 Å². The average molecular weight is 463 g/mol. The lowest BCUT2D eigenvalue weighted by atomic mass is 10.1. The Kier molecular flexibility index (Phi) is 8.13. The highest BCUT2D eigenvalue weighted by atomic mass is 19.3. The number of carbonyl (C=O) groups excluding carboxylic acids is 1. The van der Waals surface area contributed by atoms with Crippen molar-refractivity contribution in [1.29, 1.82) is 5.26 Å². The Morgan fingerprint density at radius 1 is 0.970 bits per heavy atom. The number of halogens is 4. The van der Waals surface area contributed by atoms with Crippen molar-refractivity contribution in [3.8, 4) is 17.6 Å². The van der Waals surface area contributed by atoms with Crippen LogP contribution in [0.15, 0.2) is 48.5 Å². The van der Waals surface area contributed by atoms with Crippen molar-refractivity contribution in [2.45, 2.75) is 19.6 Å². The minimum atomic E-state index is -3.17. The summed E-state index contributed by atoms with van der Waals surface area (Å²) in [6.07, 6.45) is 3.26. The van der Waals surface area contributed by atoms with Gasteiger partial charge in [0.05, 0.1) is 11.6 Å². The number of amides is 1. The summed E-state index contributed by atoms with van der Waals surface area (Å²) in [5.41, 5.74) is 1.65. The van der Waals surface area contributed by atoms with E-state index in [0.29, 0.717) is 25.2 Å². The van der Waals surface area contributed by atoms with E-state index in [0.717, 1.165) is 24.7 Å². The van der Waals surface area contributed by atoms with Crippen molar-refractivity contribution in [1.82, 2.24) is 4.90 Å². The van der Waals surface area contributed by atoms with Gasteiger partial charge < -0.3 is 19.3 Å². The molecule has 0 radical (unpaired) electrons. The first-order valence-electron chi connectivity index (χ1n) is 10.1. The largest absolute Gasteiger partial charge is 0.435 e. The van der Waals surface area contributed by atoms with Crippen molar-refractivity contribution < 1.29 is 31.8 Å². The molecular formula is C23H21F4N3O3. The van der Waals surface area contributed by atoms with Gasteiger partial charge in [0.2, 0.25) is 5.91 Å². The van der Waals surface area contributed by atoms with E-state index in [9.17, 15) is 22.4 Å². The number of carbonyl (C=O) groups is 1. The molecule has 33 heavy (non-hydrogen) atoms. The second kappa shape index (κ2) is 11.2. The number of ether oxygens (including phenoxy) is 2. The number of hydrogen-bond donors (Lipinski definition) is 0. The third-order valence-electron chi connectivity index (χ3n) is 5.00. The third kappa shape index (κ3) is 6.87. The van der Waals surface area contributed by atoms with Crippen molar-refractivity contribution in [2.75, 3.05) is 31.1 Å². The second-order valence-corrected chi connectivity index (χ2v) is 7.11. The third-order valence-corrected chi connectivity index (χ3v) is 5.00. The molecular weight excluding hydrogens is 442 g/mol. The number of benzene rings is 2. The number of rotatable bonds is 7. The molecule has 3 rings (SSSR count). The summed E-state index contributed by atoms with van der Waals surface area (Å²) in [6, 6.07) is 12.6. The Hall–Kier alpha value is -3.74. The number of alkyl halides is 4. The van der Waals surface area contributed by atoms with Crippen LogP contribution in [-0.2, 0) is 4.79 Å². The topological polar surface area (TPSA) is 65.8 Å². The zero-order valence-electron chi connectivity index (χ0n) is 17.5. The molecule has 10 heteroatoms. The van der Waals surface area contributed by atoms with E-state index < -0.39 is 13.2 Å². The summed E-state index contributed by atoms with van der Waals surface area (Å²) in [4.78, 5) is 16.4. The van der Waals surface area contributed by atoms with Gasteiger partial charge in [-0.25, -0.2) is 0 Å². The van der Waals surface area contributed by atoms with Gasteiger partial charge >= 0.3 is 13.2 Å². The lowest BCUT2D eigenvalue weighted by Crippen LogP contribution is -2.34. The molecule has 174 valence electrons. The Bertz CT molecular complexity index is 1020. The Morgan fingerprint density at radius 3 is 2.36 bits per heavy atom.